The van der Waals surface area contributed by atoms with Crippen LogP contribution in [0.1, 0.15) is 40.5 Å². The van der Waals surface area contributed by atoms with E-state index in [1.807, 2.05) is 35.8 Å². The number of aromatic nitrogens is 2. The van der Waals surface area contributed by atoms with Gasteiger partial charge in [0.1, 0.15) is 6.04 Å². The summed E-state index contributed by atoms with van der Waals surface area (Å²) in [5, 5.41) is 3.03. The normalized spacial score (nSPS) is 19.4. The maximum atomic E-state index is 12.9. The summed E-state index contributed by atoms with van der Waals surface area (Å²) in [6, 6.07) is 7.14. The van der Waals surface area contributed by atoms with Gasteiger partial charge in [0.05, 0.1) is 25.1 Å². The fourth-order valence-corrected chi connectivity index (χ4v) is 3.30. The van der Waals surface area contributed by atoms with Gasteiger partial charge in [-0.2, -0.15) is 0 Å². The number of fused-ring (bicyclic) bond motifs is 1. The lowest BCUT2D eigenvalue weighted by Crippen LogP contribution is -2.46. The second-order valence-corrected chi connectivity index (χ2v) is 7.05. The van der Waals surface area contributed by atoms with E-state index >= 15 is 0 Å². The number of imidazole rings is 1. The van der Waals surface area contributed by atoms with Gasteiger partial charge in [-0.3, -0.25) is 9.59 Å². The zero-order chi connectivity index (χ0) is 17.4. The van der Waals surface area contributed by atoms with E-state index in [1.165, 1.54) is 12.8 Å². The summed E-state index contributed by atoms with van der Waals surface area (Å²) in [6.45, 7) is 3.53. The van der Waals surface area contributed by atoms with Crippen LogP contribution in [-0.2, 0) is 11.3 Å². The number of nitrogens with zero attached hydrogens (tertiary/aromatic N) is 3. The van der Waals surface area contributed by atoms with Crippen molar-refractivity contribution in [3.8, 4) is 0 Å². The topological polar surface area (TPSA) is 67.2 Å². The second-order valence-electron chi connectivity index (χ2n) is 7.05. The number of nitrogens with one attached hydrogen (secondary N) is 1. The summed E-state index contributed by atoms with van der Waals surface area (Å²) in [4.78, 5) is 31.5. The highest BCUT2D eigenvalue weighted by atomic mass is 16.2. The Bertz CT molecular complexity index is 809. The van der Waals surface area contributed by atoms with Crippen LogP contribution in [0.3, 0.4) is 0 Å². The van der Waals surface area contributed by atoms with Crippen molar-refractivity contribution >= 4 is 11.8 Å². The molecule has 0 unspecified atom stereocenters. The second kappa shape index (κ2) is 6.35. The van der Waals surface area contributed by atoms with Crippen molar-refractivity contribution in [3.63, 3.8) is 0 Å². The van der Waals surface area contributed by atoms with Crippen LogP contribution >= 0.6 is 0 Å². The van der Waals surface area contributed by atoms with Crippen LogP contribution < -0.4 is 5.32 Å². The molecule has 0 radical (unpaired) electrons. The van der Waals surface area contributed by atoms with Gasteiger partial charge in [-0.1, -0.05) is 17.7 Å². The average Bonchev–Trinajstić information content (AvgIpc) is 3.33. The highest BCUT2D eigenvalue weighted by molar-refractivity contribution is 5.95. The molecule has 1 fully saturated rings. The molecule has 1 atom stereocenters. The molecule has 1 aromatic heterocycles. The Morgan fingerprint density at radius 3 is 2.92 bits per heavy atom. The molecule has 1 aromatic carbocycles. The number of rotatable bonds is 4. The highest BCUT2D eigenvalue weighted by Crippen LogP contribution is 2.28. The van der Waals surface area contributed by atoms with Crippen molar-refractivity contribution < 1.29 is 9.59 Å². The molecule has 0 spiro atoms. The molecule has 1 aliphatic heterocycles. The van der Waals surface area contributed by atoms with Crippen LogP contribution in [0.5, 0.6) is 0 Å². The van der Waals surface area contributed by atoms with Gasteiger partial charge in [0.25, 0.3) is 5.91 Å². The van der Waals surface area contributed by atoms with Gasteiger partial charge < -0.3 is 14.8 Å². The fourth-order valence-electron chi connectivity index (χ4n) is 3.30. The van der Waals surface area contributed by atoms with Gasteiger partial charge in [0, 0.05) is 18.3 Å². The minimum absolute atomic E-state index is 0.0344. The first-order chi connectivity index (χ1) is 12.1. The Hall–Kier alpha value is -2.63. The van der Waals surface area contributed by atoms with Crippen molar-refractivity contribution in [2.24, 2.45) is 5.92 Å². The minimum atomic E-state index is -0.418. The SMILES string of the molecule is Cc1cccc(C(=O)N2Cc3cncn3[C@@H](C(=O)NCC3CC3)C2)c1. The monoisotopic (exact) mass is 338 g/mol. The predicted octanol–water partition coefficient (Wildman–Crippen LogP) is 1.91. The van der Waals surface area contributed by atoms with E-state index in [0.29, 0.717) is 24.6 Å². The molecule has 0 bridgehead atoms. The number of aryl methyl sites for hydroxylation is 1. The smallest absolute Gasteiger partial charge is 0.254 e. The molecule has 6 nitrogen and oxygen atoms in total. The molecular formula is C19H22N4O2. The Labute approximate surface area is 146 Å². The molecule has 1 saturated carbocycles. The van der Waals surface area contributed by atoms with E-state index < -0.39 is 6.04 Å². The predicted molar refractivity (Wildman–Crippen MR) is 92.9 cm³/mol. The van der Waals surface area contributed by atoms with Crippen molar-refractivity contribution in [2.75, 3.05) is 13.1 Å². The first-order valence-corrected chi connectivity index (χ1v) is 8.76. The lowest BCUT2D eigenvalue weighted by Gasteiger charge is -2.33. The zero-order valence-electron chi connectivity index (χ0n) is 14.3. The fraction of sp³-hybridized carbons (Fsp3) is 0.421. The van der Waals surface area contributed by atoms with E-state index in [9.17, 15) is 9.59 Å². The molecule has 25 heavy (non-hydrogen) atoms. The first-order valence-electron chi connectivity index (χ1n) is 8.76. The third-order valence-electron chi connectivity index (χ3n) is 4.95. The standard InChI is InChI=1S/C19H22N4O2/c1-13-3-2-4-15(7-13)19(25)22-10-16-9-20-12-23(16)17(11-22)18(24)21-8-14-5-6-14/h2-4,7,9,12,14,17H,5-6,8,10-11H2,1H3,(H,21,24)/t17-/m1/s1. The third kappa shape index (κ3) is 3.29. The van der Waals surface area contributed by atoms with Crippen molar-refractivity contribution in [1.82, 2.24) is 19.8 Å². The zero-order valence-corrected chi connectivity index (χ0v) is 14.3. The number of hydrogen-bond acceptors (Lipinski definition) is 3. The molecule has 1 aliphatic carbocycles. The summed E-state index contributed by atoms with van der Waals surface area (Å²) in [5.74, 6) is 0.545. The Morgan fingerprint density at radius 2 is 2.16 bits per heavy atom. The summed E-state index contributed by atoms with van der Waals surface area (Å²) < 4.78 is 1.89. The van der Waals surface area contributed by atoms with Gasteiger partial charge in [-0.15, -0.1) is 0 Å². The first kappa shape index (κ1) is 15.9. The lowest BCUT2D eigenvalue weighted by molar-refractivity contribution is -0.125. The van der Waals surface area contributed by atoms with Crippen LogP contribution in [-0.4, -0.2) is 39.4 Å². The molecule has 2 heterocycles. The number of carbonyl (C=O) groups excluding carboxylic acids is 2. The number of benzene rings is 1. The maximum Gasteiger partial charge on any atom is 0.254 e. The van der Waals surface area contributed by atoms with Crippen LogP contribution in [0.15, 0.2) is 36.8 Å². The molecule has 0 saturated heterocycles. The van der Waals surface area contributed by atoms with E-state index in [4.69, 9.17) is 0 Å². The molecular weight excluding hydrogens is 316 g/mol. The lowest BCUT2D eigenvalue weighted by atomic mass is 10.1. The largest absolute Gasteiger partial charge is 0.354 e. The molecule has 6 heteroatoms. The summed E-state index contributed by atoms with van der Waals surface area (Å²) >= 11 is 0. The van der Waals surface area contributed by atoms with Crippen LogP contribution in [0, 0.1) is 12.8 Å². The number of amides is 2. The van der Waals surface area contributed by atoms with Gasteiger partial charge in [0.2, 0.25) is 5.91 Å². The number of carbonyl (C=O) groups is 2. The molecule has 2 aromatic rings. The van der Waals surface area contributed by atoms with Crippen molar-refractivity contribution in [1.29, 1.82) is 0 Å². The van der Waals surface area contributed by atoms with Gasteiger partial charge >= 0.3 is 0 Å². The van der Waals surface area contributed by atoms with Crippen LogP contribution in [0.4, 0.5) is 0 Å². The molecule has 2 aliphatic rings. The third-order valence-corrected chi connectivity index (χ3v) is 4.95. The molecule has 4 rings (SSSR count). The van der Waals surface area contributed by atoms with Gasteiger partial charge in [-0.25, -0.2) is 4.98 Å². The van der Waals surface area contributed by atoms with Gasteiger partial charge in [-0.05, 0) is 37.8 Å². The van der Waals surface area contributed by atoms with Crippen molar-refractivity contribution in [3.05, 3.63) is 53.6 Å². The molecule has 130 valence electrons. The highest BCUT2D eigenvalue weighted by Gasteiger charge is 2.33. The van der Waals surface area contributed by atoms with Crippen molar-refractivity contribution in [2.45, 2.75) is 32.4 Å². The van der Waals surface area contributed by atoms with Gasteiger partial charge in [0.15, 0.2) is 0 Å². The van der Waals surface area contributed by atoms with E-state index in [-0.39, 0.29) is 11.8 Å². The quantitative estimate of drug-likeness (QED) is 0.926. The van der Waals surface area contributed by atoms with E-state index in [0.717, 1.165) is 17.8 Å². The summed E-state index contributed by atoms with van der Waals surface area (Å²) in [6.07, 6.45) is 5.81. The van der Waals surface area contributed by atoms with Crippen LogP contribution in [0.2, 0.25) is 0 Å². The summed E-state index contributed by atoms with van der Waals surface area (Å²) in [5.41, 5.74) is 2.59. The van der Waals surface area contributed by atoms with E-state index in [2.05, 4.69) is 10.3 Å². The molecule has 2 amide bonds. The van der Waals surface area contributed by atoms with E-state index in [1.54, 1.807) is 17.4 Å². The minimum Gasteiger partial charge on any atom is -0.354 e. The summed E-state index contributed by atoms with van der Waals surface area (Å²) in [7, 11) is 0. The Morgan fingerprint density at radius 1 is 1.32 bits per heavy atom. The number of hydrogen-bond donors (Lipinski definition) is 1. The molecule has 1 N–H and O–H groups in total. The Balaban J connectivity index is 1.54. The maximum absolute atomic E-state index is 12.9. The average molecular weight is 338 g/mol. The van der Waals surface area contributed by atoms with Crippen LogP contribution in [0.25, 0.3) is 0 Å². The Kier molecular flexibility index (Phi) is 4.03.